The number of nitrogens with one attached hydrogen (secondary N) is 1. The zero-order chi connectivity index (χ0) is 28.1. The molecular formula is C33H37FN5P. The van der Waals surface area contributed by atoms with Crippen LogP contribution in [0, 0.1) is 12.7 Å². The van der Waals surface area contributed by atoms with Gasteiger partial charge in [-0.15, -0.1) is 9.24 Å². The number of aryl methyl sites for hydroxylation is 3. The predicted octanol–water partition coefficient (Wildman–Crippen LogP) is 7.17. The smallest absolute Gasteiger partial charge is 0.165 e. The number of rotatable bonds is 6. The summed E-state index contributed by atoms with van der Waals surface area (Å²) >= 11 is 0. The number of para-hydroxylation sites is 1. The van der Waals surface area contributed by atoms with Gasteiger partial charge in [0.15, 0.2) is 11.6 Å². The Bertz CT molecular complexity index is 1710. The molecule has 2 aromatic carbocycles. The van der Waals surface area contributed by atoms with E-state index in [1.165, 1.54) is 27.8 Å². The Labute approximate surface area is 238 Å². The van der Waals surface area contributed by atoms with Gasteiger partial charge in [0, 0.05) is 53.9 Å². The van der Waals surface area contributed by atoms with Gasteiger partial charge in [-0.3, -0.25) is 0 Å². The molecule has 0 aliphatic carbocycles. The van der Waals surface area contributed by atoms with Crippen molar-refractivity contribution in [1.82, 2.24) is 19.7 Å². The van der Waals surface area contributed by atoms with Crippen molar-refractivity contribution in [3.05, 3.63) is 88.1 Å². The summed E-state index contributed by atoms with van der Waals surface area (Å²) < 4.78 is 17.6. The molecule has 7 heteroatoms. The van der Waals surface area contributed by atoms with Crippen LogP contribution in [0.3, 0.4) is 0 Å². The molecule has 5 nitrogen and oxygen atoms in total. The van der Waals surface area contributed by atoms with Gasteiger partial charge >= 0.3 is 0 Å². The van der Waals surface area contributed by atoms with Gasteiger partial charge in [-0.2, -0.15) is 5.10 Å². The minimum absolute atomic E-state index is 0.228. The van der Waals surface area contributed by atoms with Gasteiger partial charge in [0.2, 0.25) is 0 Å². The normalized spacial score (nSPS) is 13.4. The molecule has 1 aliphatic heterocycles. The third-order valence-electron chi connectivity index (χ3n) is 8.33. The summed E-state index contributed by atoms with van der Waals surface area (Å²) in [5.41, 5.74) is 11.4. The molecule has 0 bridgehead atoms. The molecule has 1 unspecified atom stereocenters. The number of benzene rings is 2. The first kappa shape index (κ1) is 26.7. The average molecular weight is 554 g/mol. The van der Waals surface area contributed by atoms with Gasteiger partial charge in [0.1, 0.15) is 0 Å². The lowest BCUT2D eigenvalue weighted by Gasteiger charge is -2.29. The van der Waals surface area contributed by atoms with Crippen LogP contribution in [-0.4, -0.2) is 26.3 Å². The van der Waals surface area contributed by atoms with Gasteiger partial charge < -0.3 is 9.88 Å². The van der Waals surface area contributed by atoms with E-state index < -0.39 is 0 Å². The molecule has 3 aromatic heterocycles. The molecular weight excluding hydrogens is 516 g/mol. The molecule has 0 radical (unpaired) electrons. The molecule has 1 aliphatic rings. The van der Waals surface area contributed by atoms with E-state index in [0.29, 0.717) is 18.9 Å². The van der Waals surface area contributed by atoms with Gasteiger partial charge in [0.25, 0.3) is 0 Å². The SMILES string of the molecule is CCc1cccc(CC)c1-n1nc2c(c1-c1c(P)cc(C)c3[nH]ccc13)CN(c1ncc(C(C)C)cc1F)CC2. The Balaban J connectivity index is 1.60. The van der Waals surface area contributed by atoms with Crippen LogP contribution in [0.25, 0.3) is 27.8 Å². The number of anilines is 1. The Hall–Kier alpha value is -3.50. The van der Waals surface area contributed by atoms with Crippen LogP contribution < -0.4 is 10.2 Å². The number of halogens is 1. The lowest BCUT2D eigenvalue weighted by atomic mass is 9.96. The quantitative estimate of drug-likeness (QED) is 0.227. The second-order valence-electron chi connectivity index (χ2n) is 11.1. The van der Waals surface area contributed by atoms with Gasteiger partial charge in [0.05, 0.1) is 17.1 Å². The van der Waals surface area contributed by atoms with Crippen molar-refractivity contribution in [2.45, 2.75) is 66.3 Å². The Morgan fingerprint density at radius 1 is 1.10 bits per heavy atom. The highest BCUT2D eigenvalue weighted by atomic mass is 31.0. The van der Waals surface area contributed by atoms with E-state index in [-0.39, 0.29) is 11.7 Å². The number of fused-ring (bicyclic) bond motifs is 2. The number of aromatic nitrogens is 4. The average Bonchev–Trinajstić information content (AvgIpc) is 3.58. The summed E-state index contributed by atoms with van der Waals surface area (Å²) in [7, 11) is 2.97. The molecule has 0 amide bonds. The van der Waals surface area contributed by atoms with E-state index in [1.807, 2.05) is 12.4 Å². The summed E-state index contributed by atoms with van der Waals surface area (Å²) in [5, 5.41) is 7.61. The molecule has 0 spiro atoms. The number of nitrogens with zero attached hydrogens (tertiary/aromatic N) is 4. The van der Waals surface area contributed by atoms with Gasteiger partial charge in [-0.1, -0.05) is 45.9 Å². The third-order valence-corrected chi connectivity index (χ3v) is 8.78. The van der Waals surface area contributed by atoms with Crippen molar-refractivity contribution in [2.75, 3.05) is 11.4 Å². The van der Waals surface area contributed by atoms with Crippen molar-refractivity contribution < 1.29 is 4.39 Å². The summed E-state index contributed by atoms with van der Waals surface area (Å²) in [6.45, 7) is 11.9. The van der Waals surface area contributed by atoms with Crippen molar-refractivity contribution in [3.63, 3.8) is 0 Å². The van der Waals surface area contributed by atoms with E-state index in [1.54, 1.807) is 6.07 Å². The van der Waals surface area contributed by atoms with Crippen LogP contribution in [0.15, 0.2) is 48.8 Å². The molecule has 40 heavy (non-hydrogen) atoms. The third kappa shape index (κ3) is 4.34. The van der Waals surface area contributed by atoms with Crippen molar-refractivity contribution in [1.29, 1.82) is 0 Å². The lowest BCUT2D eigenvalue weighted by Crippen LogP contribution is -2.32. The minimum atomic E-state index is -0.261. The fourth-order valence-corrected chi connectivity index (χ4v) is 6.70. The van der Waals surface area contributed by atoms with Gasteiger partial charge in [-0.25, -0.2) is 14.1 Å². The predicted molar refractivity (Wildman–Crippen MR) is 167 cm³/mol. The summed E-state index contributed by atoms with van der Waals surface area (Å²) in [6.07, 6.45) is 6.39. The molecule has 0 fully saturated rings. The first-order chi connectivity index (χ1) is 19.3. The highest BCUT2D eigenvalue weighted by Crippen LogP contribution is 2.39. The van der Waals surface area contributed by atoms with Crippen molar-refractivity contribution in [3.8, 4) is 16.9 Å². The number of aromatic amines is 1. The van der Waals surface area contributed by atoms with Crippen LogP contribution in [0.1, 0.15) is 67.1 Å². The van der Waals surface area contributed by atoms with Gasteiger partial charge in [-0.05, 0) is 71.4 Å². The second-order valence-corrected chi connectivity index (χ2v) is 11.8. The Morgan fingerprint density at radius 3 is 2.52 bits per heavy atom. The number of H-pyrrole nitrogens is 1. The largest absolute Gasteiger partial charge is 0.361 e. The molecule has 6 rings (SSSR count). The second kappa shape index (κ2) is 10.5. The first-order valence-electron chi connectivity index (χ1n) is 14.3. The van der Waals surface area contributed by atoms with Crippen LogP contribution in [0.5, 0.6) is 0 Å². The number of pyridine rings is 1. The first-order valence-corrected chi connectivity index (χ1v) is 14.9. The van der Waals surface area contributed by atoms with Crippen molar-refractivity contribution >= 4 is 31.3 Å². The lowest BCUT2D eigenvalue weighted by molar-refractivity contribution is 0.595. The van der Waals surface area contributed by atoms with E-state index in [2.05, 4.69) is 93.7 Å². The topological polar surface area (TPSA) is 49.7 Å². The summed E-state index contributed by atoms with van der Waals surface area (Å²) in [6, 6.07) is 12.6. The standard InChI is InChI=1S/C33H37FN5P/c1-6-21-9-8-10-22(7-2)31(21)39-32(29-24-11-13-35-30(24)20(5)15-28(29)40)25-18-38(14-12-27(25)37-39)33-26(34)16-23(17-36-33)19(3)4/h8-11,13,15-17,19,35H,6-7,12,14,18,40H2,1-5H3. The maximum absolute atomic E-state index is 15.4. The molecule has 1 N–H and O–H groups in total. The molecule has 1 atom stereocenters. The summed E-state index contributed by atoms with van der Waals surface area (Å²) in [4.78, 5) is 10.1. The Kier molecular flexibility index (Phi) is 7.00. The summed E-state index contributed by atoms with van der Waals surface area (Å²) in [5.74, 6) is 0.382. The van der Waals surface area contributed by atoms with Crippen molar-refractivity contribution in [2.24, 2.45) is 0 Å². The van der Waals surface area contributed by atoms with Crippen LogP contribution in [0.2, 0.25) is 0 Å². The molecule has 5 aromatic rings. The monoisotopic (exact) mass is 553 g/mol. The van der Waals surface area contributed by atoms with E-state index in [4.69, 9.17) is 5.10 Å². The van der Waals surface area contributed by atoms with Crippen LogP contribution in [-0.2, 0) is 25.8 Å². The highest BCUT2D eigenvalue weighted by molar-refractivity contribution is 7.28. The van der Waals surface area contributed by atoms with Crippen LogP contribution >= 0.6 is 9.24 Å². The zero-order valence-electron chi connectivity index (χ0n) is 24.0. The molecule has 0 saturated carbocycles. The maximum atomic E-state index is 15.4. The molecule has 206 valence electrons. The minimum Gasteiger partial charge on any atom is -0.361 e. The van der Waals surface area contributed by atoms with E-state index in [0.717, 1.165) is 58.2 Å². The van der Waals surface area contributed by atoms with E-state index >= 15 is 4.39 Å². The van der Waals surface area contributed by atoms with E-state index in [9.17, 15) is 0 Å². The Morgan fingerprint density at radius 2 is 1.85 bits per heavy atom. The fraction of sp³-hybridized carbons (Fsp3) is 0.333. The highest BCUT2D eigenvalue weighted by Gasteiger charge is 2.31. The molecule has 0 saturated heterocycles. The zero-order valence-corrected chi connectivity index (χ0v) is 25.1. The number of hydrogen-bond donors (Lipinski definition) is 1. The molecule has 4 heterocycles. The number of hydrogen-bond acceptors (Lipinski definition) is 3. The van der Waals surface area contributed by atoms with Crippen LogP contribution in [0.4, 0.5) is 10.2 Å². The maximum Gasteiger partial charge on any atom is 0.165 e. The fourth-order valence-electron chi connectivity index (χ4n) is 6.16.